The van der Waals surface area contributed by atoms with Crippen molar-refractivity contribution in [2.24, 2.45) is 5.92 Å². The summed E-state index contributed by atoms with van der Waals surface area (Å²) in [5, 5.41) is 0. The zero-order valence-electron chi connectivity index (χ0n) is 17.9. The van der Waals surface area contributed by atoms with E-state index in [1.807, 2.05) is 0 Å². The van der Waals surface area contributed by atoms with E-state index in [-0.39, 0.29) is 4.90 Å². The molecule has 1 fully saturated rings. The molecule has 1 saturated heterocycles. The van der Waals surface area contributed by atoms with Crippen LogP contribution in [-0.2, 0) is 16.4 Å². The van der Waals surface area contributed by atoms with Crippen LogP contribution in [0.1, 0.15) is 38.2 Å². The molecule has 0 saturated carbocycles. The predicted molar refractivity (Wildman–Crippen MR) is 121 cm³/mol. The molecule has 1 aliphatic rings. The van der Waals surface area contributed by atoms with Crippen molar-refractivity contribution in [2.75, 3.05) is 32.8 Å². The van der Waals surface area contributed by atoms with E-state index in [4.69, 9.17) is 4.74 Å². The monoisotopic (exact) mass is 430 g/mol. The zero-order chi connectivity index (χ0) is 21.2. The van der Waals surface area contributed by atoms with E-state index in [2.05, 4.69) is 46.9 Å². The van der Waals surface area contributed by atoms with E-state index in [1.54, 1.807) is 24.3 Å². The largest absolute Gasteiger partial charge is 0.494 e. The minimum absolute atomic E-state index is 0.284. The van der Waals surface area contributed by atoms with E-state index < -0.39 is 10.0 Å². The smallest absolute Gasteiger partial charge is 0.240 e. The molecule has 1 heterocycles. The third kappa shape index (κ3) is 7.11. The Balaban J connectivity index is 1.38. The average molecular weight is 431 g/mol. The Kier molecular flexibility index (Phi) is 8.73. The van der Waals surface area contributed by atoms with Crippen LogP contribution in [0.15, 0.2) is 59.5 Å². The van der Waals surface area contributed by atoms with Gasteiger partial charge in [-0.3, -0.25) is 0 Å². The number of nitrogens with zero attached hydrogens (tertiary/aromatic N) is 1. The molecule has 164 valence electrons. The van der Waals surface area contributed by atoms with Crippen molar-refractivity contribution < 1.29 is 13.2 Å². The Morgan fingerprint density at radius 3 is 2.40 bits per heavy atom. The first-order chi connectivity index (χ1) is 14.6. The van der Waals surface area contributed by atoms with Crippen LogP contribution in [-0.4, -0.2) is 46.1 Å². The standard InChI is InChI=1S/C24H34N2O3S/c1-2-3-19-29-23-9-11-24(12-10-23)30(27,28)25-15-18-26-16-13-22(14-17-26)20-21-7-5-4-6-8-21/h4-12,22,25H,2-3,13-20H2,1H3. The molecule has 6 heteroatoms. The lowest BCUT2D eigenvalue weighted by molar-refractivity contribution is 0.187. The Morgan fingerprint density at radius 2 is 1.73 bits per heavy atom. The van der Waals surface area contributed by atoms with E-state index in [1.165, 1.54) is 18.4 Å². The first-order valence-electron chi connectivity index (χ1n) is 11.1. The van der Waals surface area contributed by atoms with Crippen LogP contribution in [0.25, 0.3) is 0 Å². The summed E-state index contributed by atoms with van der Waals surface area (Å²) in [5.41, 5.74) is 1.41. The van der Waals surface area contributed by atoms with Crippen molar-refractivity contribution in [3.63, 3.8) is 0 Å². The number of rotatable bonds is 11. The number of piperidine rings is 1. The number of sulfonamides is 1. The van der Waals surface area contributed by atoms with Gasteiger partial charge in [0.1, 0.15) is 5.75 Å². The quantitative estimate of drug-likeness (QED) is 0.545. The van der Waals surface area contributed by atoms with Gasteiger partial charge in [0.2, 0.25) is 10.0 Å². The van der Waals surface area contributed by atoms with Crippen molar-refractivity contribution in [1.29, 1.82) is 0 Å². The summed E-state index contributed by atoms with van der Waals surface area (Å²) in [7, 11) is -3.49. The second-order valence-electron chi connectivity index (χ2n) is 8.05. The molecule has 1 N–H and O–H groups in total. The first kappa shape index (κ1) is 22.8. The van der Waals surface area contributed by atoms with Crippen LogP contribution in [0.2, 0.25) is 0 Å². The lowest BCUT2D eigenvalue weighted by atomic mass is 9.90. The lowest BCUT2D eigenvalue weighted by Gasteiger charge is -2.32. The van der Waals surface area contributed by atoms with E-state index >= 15 is 0 Å². The maximum absolute atomic E-state index is 12.5. The van der Waals surface area contributed by atoms with E-state index in [0.29, 0.717) is 18.9 Å². The molecule has 0 unspecified atom stereocenters. The fourth-order valence-corrected chi connectivity index (χ4v) is 4.85. The van der Waals surface area contributed by atoms with Crippen molar-refractivity contribution >= 4 is 10.0 Å². The molecule has 2 aromatic rings. The topological polar surface area (TPSA) is 58.6 Å². The molecule has 0 radical (unpaired) electrons. The number of unbranched alkanes of at least 4 members (excludes halogenated alkanes) is 1. The molecule has 0 atom stereocenters. The number of likely N-dealkylation sites (tertiary alicyclic amines) is 1. The maximum atomic E-state index is 12.5. The van der Waals surface area contributed by atoms with Gasteiger partial charge in [0.25, 0.3) is 0 Å². The van der Waals surface area contributed by atoms with Gasteiger partial charge in [-0.15, -0.1) is 0 Å². The summed E-state index contributed by atoms with van der Waals surface area (Å²) in [6.45, 7) is 6.00. The van der Waals surface area contributed by atoms with Gasteiger partial charge >= 0.3 is 0 Å². The second kappa shape index (κ2) is 11.5. The van der Waals surface area contributed by atoms with Crippen LogP contribution >= 0.6 is 0 Å². The minimum Gasteiger partial charge on any atom is -0.494 e. The molecule has 3 rings (SSSR count). The maximum Gasteiger partial charge on any atom is 0.240 e. The fourth-order valence-electron chi connectivity index (χ4n) is 3.83. The molecule has 0 aliphatic carbocycles. The Bertz CT molecular complexity index is 846. The number of ether oxygens (including phenoxy) is 1. The summed E-state index contributed by atoms with van der Waals surface area (Å²) in [6, 6.07) is 17.3. The number of nitrogens with one attached hydrogen (secondary N) is 1. The SMILES string of the molecule is CCCCOc1ccc(S(=O)(=O)NCCN2CCC(Cc3ccccc3)CC2)cc1. The lowest BCUT2D eigenvalue weighted by Crippen LogP contribution is -2.39. The van der Waals surface area contributed by atoms with Gasteiger partial charge < -0.3 is 9.64 Å². The molecular weight excluding hydrogens is 396 g/mol. The van der Waals surface area contributed by atoms with Gasteiger partial charge in [-0.25, -0.2) is 13.1 Å². The van der Waals surface area contributed by atoms with Crippen LogP contribution in [0.4, 0.5) is 0 Å². The third-order valence-electron chi connectivity index (χ3n) is 5.70. The average Bonchev–Trinajstić information content (AvgIpc) is 2.76. The molecule has 0 aromatic heterocycles. The molecule has 2 aromatic carbocycles. The second-order valence-corrected chi connectivity index (χ2v) is 9.81. The highest BCUT2D eigenvalue weighted by atomic mass is 32.2. The first-order valence-corrected chi connectivity index (χ1v) is 12.5. The normalized spacial score (nSPS) is 15.9. The van der Waals surface area contributed by atoms with Crippen LogP contribution in [0.5, 0.6) is 5.75 Å². The number of hydrogen-bond acceptors (Lipinski definition) is 4. The summed E-state index contributed by atoms with van der Waals surface area (Å²) >= 11 is 0. The number of hydrogen-bond donors (Lipinski definition) is 1. The highest BCUT2D eigenvalue weighted by Crippen LogP contribution is 2.21. The Hall–Kier alpha value is -1.89. The summed E-state index contributed by atoms with van der Waals surface area (Å²) in [5.74, 6) is 1.43. The molecular formula is C24H34N2O3S. The summed E-state index contributed by atoms with van der Waals surface area (Å²) in [6.07, 6.45) is 5.54. The van der Waals surface area contributed by atoms with E-state index in [0.717, 1.165) is 44.8 Å². The van der Waals surface area contributed by atoms with Gasteiger partial charge in [0.05, 0.1) is 11.5 Å². The van der Waals surface area contributed by atoms with Crippen molar-refractivity contribution in [3.8, 4) is 5.75 Å². The summed E-state index contributed by atoms with van der Waals surface area (Å²) in [4.78, 5) is 2.64. The van der Waals surface area contributed by atoms with Gasteiger partial charge in [0, 0.05) is 13.1 Å². The van der Waals surface area contributed by atoms with E-state index in [9.17, 15) is 8.42 Å². The van der Waals surface area contributed by atoms with Gasteiger partial charge in [-0.1, -0.05) is 43.7 Å². The molecule has 0 bridgehead atoms. The predicted octanol–water partition coefficient (Wildman–Crippen LogP) is 4.10. The van der Waals surface area contributed by atoms with Gasteiger partial charge in [-0.2, -0.15) is 0 Å². The Labute approximate surface area is 181 Å². The molecule has 30 heavy (non-hydrogen) atoms. The number of benzene rings is 2. The van der Waals surface area contributed by atoms with Gasteiger partial charge in [-0.05, 0) is 74.5 Å². The Morgan fingerprint density at radius 1 is 1.03 bits per heavy atom. The van der Waals surface area contributed by atoms with Crippen LogP contribution < -0.4 is 9.46 Å². The van der Waals surface area contributed by atoms with Crippen molar-refractivity contribution in [3.05, 3.63) is 60.2 Å². The fraction of sp³-hybridized carbons (Fsp3) is 0.500. The minimum atomic E-state index is -3.49. The summed E-state index contributed by atoms with van der Waals surface area (Å²) < 4.78 is 33.4. The molecule has 5 nitrogen and oxygen atoms in total. The third-order valence-corrected chi connectivity index (χ3v) is 7.17. The van der Waals surface area contributed by atoms with Crippen molar-refractivity contribution in [2.45, 2.75) is 43.9 Å². The van der Waals surface area contributed by atoms with Crippen LogP contribution in [0, 0.1) is 5.92 Å². The van der Waals surface area contributed by atoms with Crippen molar-refractivity contribution in [1.82, 2.24) is 9.62 Å². The van der Waals surface area contributed by atoms with Crippen LogP contribution in [0.3, 0.4) is 0 Å². The molecule has 0 amide bonds. The molecule has 0 spiro atoms. The molecule has 1 aliphatic heterocycles. The highest BCUT2D eigenvalue weighted by Gasteiger charge is 2.20. The zero-order valence-corrected chi connectivity index (χ0v) is 18.7. The highest BCUT2D eigenvalue weighted by molar-refractivity contribution is 7.89. The van der Waals surface area contributed by atoms with Gasteiger partial charge in [0.15, 0.2) is 0 Å².